The normalized spacial score (nSPS) is 19.0. The number of aromatic amines is 1. The molecule has 0 radical (unpaired) electrons. The Balaban J connectivity index is 1.63. The summed E-state index contributed by atoms with van der Waals surface area (Å²) in [6.07, 6.45) is 7.83. The predicted octanol–water partition coefficient (Wildman–Crippen LogP) is 2.55. The zero-order valence-electron chi connectivity index (χ0n) is 11.9. The van der Waals surface area contributed by atoms with E-state index < -0.39 is 0 Å². The molecule has 0 aliphatic carbocycles. The lowest BCUT2D eigenvalue weighted by atomic mass is 10.1. The van der Waals surface area contributed by atoms with Crippen LogP contribution in [-0.2, 0) is 4.79 Å². The number of carbonyl (C=O) groups excluding carboxylic acids is 1. The van der Waals surface area contributed by atoms with Crippen molar-refractivity contribution in [1.29, 1.82) is 0 Å². The third kappa shape index (κ3) is 3.49. The van der Waals surface area contributed by atoms with E-state index in [2.05, 4.69) is 20.6 Å². The molecule has 2 heterocycles. The van der Waals surface area contributed by atoms with Crippen LogP contribution in [-0.4, -0.2) is 28.5 Å². The van der Waals surface area contributed by atoms with E-state index >= 15 is 0 Å². The summed E-state index contributed by atoms with van der Waals surface area (Å²) in [5.74, 6) is 0.0613. The zero-order chi connectivity index (χ0) is 14.5. The monoisotopic (exact) mass is 284 g/mol. The Kier molecular flexibility index (Phi) is 4.31. The quantitative estimate of drug-likeness (QED) is 0.811. The van der Waals surface area contributed by atoms with E-state index in [1.807, 2.05) is 24.3 Å². The smallest absolute Gasteiger partial charge is 0.241 e. The molecule has 1 aliphatic heterocycles. The van der Waals surface area contributed by atoms with Gasteiger partial charge < -0.3 is 15.6 Å². The van der Waals surface area contributed by atoms with Gasteiger partial charge in [0.1, 0.15) is 0 Å². The molecule has 5 nitrogen and oxygen atoms in total. The second-order valence-electron chi connectivity index (χ2n) is 5.39. The first-order valence-electron chi connectivity index (χ1n) is 7.46. The van der Waals surface area contributed by atoms with E-state index in [1.54, 1.807) is 12.5 Å². The predicted molar refractivity (Wildman–Crippen MR) is 82.9 cm³/mol. The molecule has 1 fully saturated rings. The summed E-state index contributed by atoms with van der Waals surface area (Å²) >= 11 is 0. The first-order valence-corrected chi connectivity index (χ1v) is 7.46. The highest BCUT2D eigenvalue weighted by molar-refractivity contribution is 5.95. The molecule has 110 valence electrons. The number of anilines is 1. The topological polar surface area (TPSA) is 69.8 Å². The minimum Gasteiger partial charge on any atom is -0.345 e. The number of amides is 1. The highest BCUT2D eigenvalue weighted by Crippen LogP contribution is 2.19. The first kappa shape index (κ1) is 13.8. The number of H-pyrrole nitrogens is 1. The third-order valence-corrected chi connectivity index (χ3v) is 3.84. The summed E-state index contributed by atoms with van der Waals surface area (Å²) in [5.41, 5.74) is 2.85. The summed E-state index contributed by atoms with van der Waals surface area (Å²) in [5, 5.41) is 6.29. The van der Waals surface area contributed by atoms with E-state index in [0.717, 1.165) is 42.8 Å². The lowest BCUT2D eigenvalue weighted by Crippen LogP contribution is -2.39. The highest BCUT2D eigenvalue weighted by Gasteiger charge is 2.19. The number of rotatable bonds is 3. The molecule has 1 amide bonds. The lowest BCUT2D eigenvalue weighted by Gasteiger charge is -2.15. The van der Waals surface area contributed by atoms with Gasteiger partial charge in [0.15, 0.2) is 0 Å². The van der Waals surface area contributed by atoms with Crippen molar-refractivity contribution in [2.45, 2.75) is 31.7 Å². The molecule has 3 N–H and O–H groups in total. The van der Waals surface area contributed by atoms with Gasteiger partial charge in [-0.1, -0.05) is 25.0 Å². The molecule has 1 aliphatic rings. The number of hydrogen-bond acceptors (Lipinski definition) is 3. The average molecular weight is 284 g/mol. The van der Waals surface area contributed by atoms with Crippen LogP contribution in [0.1, 0.15) is 25.7 Å². The number of hydrogen-bond donors (Lipinski definition) is 3. The fourth-order valence-corrected chi connectivity index (χ4v) is 2.63. The maximum atomic E-state index is 12.2. The summed E-state index contributed by atoms with van der Waals surface area (Å²) in [7, 11) is 0. The van der Waals surface area contributed by atoms with Crippen LogP contribution < -0.4 is 10.6 Å². The molecule has 0 spiro atoms. The van der Waals surface area contributed by atoms with Gasteiger partial charge in [0.25, 0.3) is 0 Å². The zero-order valence-corrected chi connectivity index (χ0v) is 11.9. The van der Waals surface area contributed by atoms with Gasteiger partial charge >= 0.3 is 0 Å². The summed E-state index contributed by atoms with van der Waals surface area (Å²) in [4.78, 5) is 19.3. The SMILES string of the molecule is O=C(Nc1ccc(-c2cnc[nH]2)cc1)C1CCCCCN1. The number of imidazole rings is 1. The fourth-order valence-electron chi connectivity index (χ4n) is 2.63. The molecule has 0 bridgehead atoms. The Morgan fingerprint density at radius 2 is 2.05 bits per heavy atom. The lowest BCUT2D eigenvalue weighted by molar-refractivity contribution is -0.118. The van der Waals surface area contributed by atoms with Crippen LogP contribution in [0.4, 0.5) is 5.69 Å². The molecule has 0 saturated carbocycles. The molecule has 1 aromatic heterocycles. The van der Waals surface area contributed by atoms with Crippen molar-refractivity contribution in [2.24, 2.45) is 0 Å². The minimum absolute atomic E-state index is 0.0613. The van der Waals surface area contributed by atoms with Crippen LogP contribution in [0.3, 0.4) is 0 Å². The van der Waals surface area contributed by atoms with Crippen molar-refractivity contribution in [3.05, 3.63) is 36.8 Å². The number of aromatic nitrogens is 2. The Morgan fingerprint density at radius 3 is 2.81 bits per heavy atom. The summed E-state index contributed by atoms with van der Waals surface area (Å²) in [6, 6.07) is 7.72. The van der Waals surface area contributed by atoms with Crippen LogP contribution in [0.5, 0.6) is 0 Å². The van der Waals surface area contributed by atoms with Crippen molar-refractivity contribution >= 4 is 11.6 Å². The van der Waals surface area contributed by atoms with Gasteiger partial charge in [-0.05, 0) is 37.1 Å². The van der Waals surface area contributed by atoms with Crippen molar-refractivity contribution in [3.8, 4) is 11.3 Å². The van der Waals surface area contributed by atoms with E-state index in [4.69, 9.17) is 0 Å². The second kappa shape index (κ2) is 6.54. The van der Waals surface area contributed by atoms with Crippen LogP contribution >= 0.6 is 0 Å². The van der Waals surface area contributed by atoms with Crippen LogP contribution in [0.25, 0.3) is 11.3 Å². The van der Waals surface area contributed by atoms with Crippen molar-refractivity contribution in [2.75, 3.05) is 11.9 Å². The van der Waals surface area contributed by atoms with Gasteiger partial charge in [-0.2, -0.15) is 0 Å². The number of nitrogens with zero attached hydrogens (tertiary/aromatic N) is 1. The molecule has 21 heavy (non-hydrogen) atoms. The highest BCUT2D eigenvalue weighted by atomic mass is 16.2. The van der Waals surface area contributed by atoms with Crippen molar-refractivity contribution in [1.82, 2.24) is 15.3 Å². The Labute approximate surface area is 124 Å². The Bertz CT molecular complexity index is 569. The first-order chi connectivity index (χ1) is 10.3. The van der Waals surface area contributed by atoms with E-state index in [0.29, 0.717) is 0 Å². The van der Waals surface area contributed by atoms with Gasteiger partial charge in [-0.3, -0.25) is 4.79 Å². The maximum absolute atomic E-state index is 12.2. The van der Waals surface area contributed by atoms with Crippen LogP contribution in [0.2, 0.25) is 0 Å². The third-order valence-electron chi connectivity index (χ3n) is 3.84. The Morgan fingerprint density at radius 1 is 1.19 bits per heavy atom. The van der Waals surface area contributed by atoms with Crippen molar-refractivity contribution in [3.63, 3.8) is 0 Å². The van der Waals surface area contributed by atoms with E-state index in [1.165, 1.54) is 6.42 Å². The second-order valence-corrected chi connectivity index (χ2v) is 5.39. The van der Waals surface area contributed by atoms with Crippen LogP contribution in [0.15, 0.2) is 36.8 Å². The summed E-state index contributed by atoms with van der Waals surface area (Å²) in [6.45, 7) is 0.927. The summed E-state index contributed by atoms with van der Waals surface area (Å²) < 4.78 is 0. The van der Waals surface area contributed by atoms with Crippen LogP contribution in [0, 0.1) is 0 Å². The average Bonchev–Trinajstić information content (AvgIpc) is 2.90. The van der Waals surface area contributed by atoms with Crippen molar-refractivity contribution < 1.29 is 4.79 Å². The molecule has 1 atom stereocenters. The molecule has 1 saturated heterocycles. The standard InChI is InChI=1S/C16H20N4O/c21-16(14-4-2-1-3-9-18-14)20-13-7-5-12(6-8-13)15-10-17-11-19-15/h5-8,10-11,14,18H,1-4,9H2,(H,17,19)(H,20,21). The molecule has 1 unspecified atom stereocenters. The minimum atomic E-state index is -0.0696. The van der Waals surface area contributed by atoms with Gasteiger partial charge in [0.05, 0.1) is 24.3 Å². The maximum Gasteiger partial charge on any atom is 0.241 e. The molecule has 1 aromatic carbocycles. The van der Waals surface area contributed by atoms with E-state index in [-0.39, 0.29) is 11.9 Å². The molecular formula is C16H20N4O. The molecular weight excluding hydrogens is 264 g/mol. The molecule has 5 heteroatoms. The number of carbonyl (C=O) groups is 1. The van der Waals surface area contributed by atoms with Gasteiger partial charge in [-0.15, -0.1) is 0 Å². The Hall–Kier alpha value is -2.14. The number of benzene rings is 1. The van der Waals surface area contributed by atoms with Gasteiger partial charge in [-0.25, -0.2) is 4.98 Å². The molecule has 2 aromatic rings. The van der Waals surface area contributed by atoms with E-state index in [9.17, 15) is 4.79 Å². The fraction of sp³-hybridized carbons (Fsp3) is 0.375. The van der Waals surface area contributed by atoms with Gasteiger partial charge in [0.2, 0.25) is 5.91 Å². The van der Waals surface area contributed by atoms with Gasteiger partial charge in [0, 0.05) is 5.69 Å². The number of nitrogens with one attached hydrogen (secondary N) is 3. The molecule has 3 rings (SSSR count). The largest absolute Gasteiger partial charge is 0.345 e.